The average Bonchev–Trinajstić information content (AvgIpc) is 3.26. The fourth-order valence-corrected chi connectivity index (χ4v) is 4.14. The van der Waals surface area contributed by atoms with Crippen molar-refractivity contribution in [1.82, 2.24) is 19.8 Å². The highest BCUT2D eigenvalue weighted by Gasteiger charge is 2.28. The van der Waals surface area contributed by atoms with Crippen LogP contribution >= 0.6 is 0 Å². The van der Waals surface area contributed by atoms with Crippen molar-refractivity contribution in [2.24, 2.45) is 5.92 Å². The number of hydrogen-bond acceptors (Lipinski definition) is 5. The zero-order valence-corrected chi connectivity index (χ0v) is 17.3. The minimum atomic E-state index is -0.0448. The van der Waals surface area contributed by atoms with Gasteiger partial charge < -0.3 is 19.5 Å². The molecule has 1 amide bonds. The van der Waals surface area contributed by atoms with E-state index in [9.17, 15) is 9.59 Å². The van der Waals surface area contributed by atoms with E-state index in [1.54, 1.807) is 25.4 Å². The number of hydrogen-bond donors (Lipinski definition) is 1. The van der Waals surface area contributed by atoms with Gasteiger partial charge in [0.25, 0.3) is 0 Å². The highest BCUT2D eigenvalue weighted by Crippen LogP contribution is 2.23. The number of nitrogens with one attached hydrogen (secondary N) is 1. The predicted octanol–water partition coefficient (Wildman–Crippen LogP) is 3.09. The van der Waals surface area contributed by atoms with Crippen LogP contribution in [-0.2, 0) is 11.3 Å². The maximum atomic E-state index is 12.7. The second-order valence-corrected chi connectivity index (χ2v) is 7.88. The SMILES string of the molecule is COc1ccc(C(=O)C2CCN(C(=O)CCCC3=Cn4cccc4CN3)CC2)cn1. The fraction of sp³-hybridized carbons (Fsp3) is 0.435. The third kappa shape index (κ3) is 4.56. The molecule has 2 aliphatic heterocycles. The van der Waals surface area contributed by atoms with Gasteiger partial charge in [-0.25, -0.2) is 4.98 Å². The van der Waals surface area contributed by atoms with E-state index in [1.807, 2.05) is 11.0 Å². The molecule has 0 spiro atoms. The van der Waals surface area contributed by atoms with Crippen molar-refractivity contribution in [3.63, 3.8) is 0 Å². The minimum Gasteiger partial charge on any atom is -0.481 e. The topological polar surface area (TPSA) is 76.5 Å². The van der Waals surface area contributed by atoms with Crippen molar-refractivity contribution in [1.29, 1.82) is 0 Å². The Morgan fingerprint density at radius 1 is 1.23 bits per heavy atom. The van der Waals surface area contributed by atoms with E-state index in [0.29, 0.717) is 43.8 Å². The number of Topliss-reactive ketones (excluding diaryl/α,β-unsaturated/α-hetero) is 1. The van der Waals surface area contributed by atoms with Gasteiger partial charge in [0.05, 0.1) is 13.7 Å². The molecule has 0 radical (unpaired) electrons. The molecule has 1 fully saturated rings. The van der Waals surface area contributed by atoms with Gasteiger partial charge in [-0.3, -0.25) is 9.59 Å². The molecule has 158 valence electrons. The molecule has 2 aromatic heterocycles. The van der Waals surface area contributed by atoms with Crippen molar-refractivity contribution >= 4 is 17.9 Å². The molecule has 0 unspecified atom stereocenters. The summed E-state index contributed by atoms with van der Waals surface area (Å²) in [5, 5.41) is 3.42. The Morgan fingerprint density at radius 3 is 2.80 bits per heavy atom. The van der Waals surface area contributed by atoms with Gasteiger partial charge in [-0.05, 0) is 43.9 Å². The first-order valence-electron chi connectivity index (χ1n) is 10.6. The van der Waals surface area contributed by atoms with Crippen LogP contribution in [0.2, 0.25) is 0 Å². The number of carbonyl (C=O) groups excluding carboxylic acids is 2. The third-order valence-electron chi connectivity index (χ3n) is 5.94. The molecule has 0 bridgehead atoms. The molecule has 0 aromatic carbocycles. The number of nitrogens with zero attached hydrogens (tertiary/aromatic N) is 3. The summed E-state index contributed by atoms with van der Waals surface area (Å²) in [5.41, 5.74) is 3.03. The molecule has 4 rings (SSSR count). The number of rotatable bonds is 7. The molecule has 1 N–H and O–H groups in total. The van der Waals surface area contributed by atoms with Gasteiger partial charge in [-0.1, -0.05) is 0 Å². The lowest BCUT2D eigenvalue weighted by Crippen LogP contribution is -2.40. The van der Waals surface area contributed by atoms with Crippen LogP contribution in [0.4, 0.5) is 0 Å². The van der Waals surface area contributed by atoms with E-state index in [0.717, 1.165) is 19.4 Å². The summed E-state index contributed by atoms with van der Waals surface area (Å²) in [7, 11) is 1.55. The number of methoxy groups -OCH3 is 1. The molecule has 7 nitrogen and oxygen atoms in total. The monoisotopic (exact) mass is 408 g/mol. The predicted molar refractivity (Wildman–Crippen MR) is 114 cm³/mol. The lowest BCUT2D eigenvalue weighted by molar-refractivity contribution is -0.132. The Balaban J connectivity index is 1.21. The Morgan fingerprint density at radius 2 is 2.07 bits per heavy atom. The highest BCUT2D eigenvalue weighted by atomic mass is 16.5. The maximum Gasteiger partial charge on any atom is 0.222 e. The molecule has 0 saturated carbocycles. The van der Waals surface area contributed by atoms with Gasteiger partial charge in [-0.2, -0.15) is 0 Å². The van der Waals surface area contributed by atoms with E-state index in [1.165, 1.54) is 11.4 Å². The second-order valence-electron chi connectivity index (χ2n) is 7.88. The summed E-state index contributed by atoms with van der Waals surface area (Å²) in [6.45, 7) is 2.12. The van der Waals surface area contributed by atoms with Crippen LogP contribution < -0.4 is 10.1 Å². The summed E-state index contributed by atoms with van der Waals surface area (Å²) < 4.78 is 7.18. The maximum absolute atomic E-state index is 12.7. The number of piperidine rings is 1. The van der Waals surface area contributed by atoms with Crippen LogP contribution in [0.1, 0.15) is 48.2 Å². The van der Waals surface area contributed by atoms with Crippen LogP contribution in [0.15, 0.2) is 42.4 Å². The van der Waals surface area contributed by atoms with Crippen LogP contribution in [-0.4, -0.2) is 46.3 Å². The highest BCUT2D eigenvalue weighted by molar-refractivity contribution is 5.97. The van der Waals surface area contributed by atoms with Crippen LogP contribution in [0, 0.1) is 5.92 Å². The molecule has 7 heteroatoms. The van der Waals surface area contributed by atoms with E-state index < -0.39 is 0 Å². The molecule has 2 aromatic rings. The summed E-state index contributed by atoms with van der Waals surface area (Å²) in [6, 6.07) is 7.61. The molecule has 0 aliphatic carbocycles. The Bertz CT molecular complexity index is 924. The Labute approximate surface area is 176 Å². The van der Waals surface area contributed by atoms with Crippen LogP contribution in [0.5, 0.6) is 5.88 Å². The lowest BCUT2D eigenvalue weighted by Gasteiger charge is -2.31. The molecule has 1 saturated heterocycles. The summed E-state index contributed by atoms with van der Waals surface area (Å²) in [5.74, 6) is 0.749. The van der Waals surface area contributed by atoms with Gasteiger partial charge in [0.15, 0.2) is 5.78 Å². The van der Waals surface area contributed by atoms with Crippen LogP contribution in [0.3, 0.4) is 0 Å². The van der Waals surface area contributed by atoms with E-state index in [4.69, 9.17) is 4.74 Å². The first kappa shape index (κ1) is 20.2. The number of amides is 1. The standard InChI is InChI=1S/C23H28N4O3/c1-30-21-8-7-18(14-25-21)23(29)17-9-12-26(13-10-17)22(28)6-2-4-19-16-27-11-3-5-20(27)15-24-19/h3,5,7-8,11,14,16-17,24H,2,4,6,9-10,12-13,15H2,1H3. The normalized spacial score (nSPS) is 16.4. The number of fused-ring (bicyclic) bond motifs is 1. The minimum absolute atomic E-state index is 0.0448. The van der Waals surface area contributed by atoms with E-state index in [-0.39, 0.29) is 17.6 Å². The molecule has 30 heavy (non-hydrogen) atoms. The molecule has 0 atom stereocenters. The smallest absolute Gasteiger partial charge is 0.222 e. The second kappa shape index (κ2) is 9.15. The summed E-state index contributed by atoms with van der Waals surface area (Å²) in [6.07, 6.45) is 9.37. The lowest BCUT2D eigenvalue weighted by atomic mass is 9.89. The molecular formula is C23H28N4O3. The van der Waals surface area contributed by atoms with Gasteiger partial charge in [0, 0.05) is 67.0 Å². The van der Waals surface area contributed by atoms with Crippen molar-refractivity contribution in [2.45, 2.75) is 38.6 Å². The molecule has 4 heterocycles. The third-order valence-corrected chi connectivity index (χ3v) is 5.94. The largest absolute Gasteiger partial charge is 0.481 e. The van der Waals surface area contributed by atoms with Crippen molar-refractivity contribution < 1.29 is 14.3 Å². The summed E-state index contributed by atoms with van der Waals surface area (Å²) >= 11 is 0. The van der Waals surface area contributed by atoms with Crippen molar-refractivity contribution in [2.75, 3.05) is 20.2 Å². The van der Waals surface area contributed by atoms with E-state index in [2.05, 4.69) is 33.3 Å². The van der Waals surface area contributed by atoms with Gasteiger partial charge in [-0.15, -0.1) is 0 Å². The first-order valence-corrected chi connectivity index (χ1v) is 10.6. The number of ketones is 1. The zero-order chi connectivity index (χ0) is 20.9. The van der Waals surface area contributed by atoms with Gasteiger partial charge >= 0.3 is 0 Å². The Hall–Kier alpha value is -3.09. The number of ether oxygens (including phenoxy) is 1. The van der Waals surface area contributed by atoms with Crippen LogP contribution in [0.25, 0.3) is 6.20 Å². The molecular weight excluding hydrogens is 380 g/mol. The van der Waals surface area contributed by atoms with E-state index >= 15 is 0 Å². The van der Waals surface area contributed by atoms with Gasteiger partial charge in [0.1, 0.15) is 0 Å². The van der Waals surface area contributed by atoms with Gasteiger partial charge in [0.2, 0.25) is 11.8 Å². The fourth-order valence-electron chi connectivity index (χ4n) is 4.14. The Kier molecular flexibility index (Phi) is 6.16. The average molecular weight is 409 g/mol. The van der Waals surface area contributed by atoms with Crippen molar-refractivity contribution in [3.8, 4) is 5.88 Å². The number of aromatic nitrogens is 2. The van der Waals surface area contributed by atoms with Crippen molar-refractivity contribution in [3.05, 3.63) is 53.6 Å². The number of pyridine rings is 1. The molecule has 2 aliphatic rings. The number of carbonyl (C=O) groups is 2. The quantitative estimate of drug-likeness (QED) is 0.713. The number of likely N-dealkylation sites (tertiary alicyclic amines) is 1. The number of allylic oxidation sites excluding steroid dienone is 1. The zero-order valence-electron chi connectivity index (χ0n) is 17.3. The summed E-state index contributed by atoms with van der Waals surface area (Å²) in [4.78, 5) is 31.3. The first-order chi connectivity index (χ1) is 14.6.